The monoisotopic (exact) mass is 572 g/mol. The van der Waals surface area contributed by atoms with Gasteiger partial charge in [0.1, 0.15) is 16.6 Å². The zero-order valence-electron chi connectivity index (χ0n) is 20.3. The fourth-order valence-electron chi connectivity index (χ4n) is 4.50. The van der Waals surface area contributed by atoms with Gasteiger partial charge >= 0.3 is 12.1 Å². The summed E-state index contributed by atoms with van der Waals surface area (Å²) in [4.78, 5) is 15.1. The summed E-state index contributed by atoms with van der Waals surface area (Å²) in [6, 6.07) is 5.53. The number of rotatable bonds is 7. The molecule has 7 nitrogen and oxygen atoms in total. The van der Waals surface area contributed by atoms with Gasteiger partial charge in [-0.3, -0.25) is 4.72 Å². The number of halogens is 4. The van der Waals surface area contributed by atoms with Crippen molar-refractivity contribution in [2.24, 2.45) is 5.92 Å². The van der Waals surface area contributed by atoms with Crippen LogP contribution in [0.1, 0.15) is 60.0 Å². The van der Waals surface area contributed by atoms with Crippen molar-refractivity contribution in [1.29, 1.82) is 0 Å². The topological polar surface area (TPSA) is 106 Å². The average Bonchev–Trinajstić information content (AvgIpc) is 3.35. The van der Waals surface area contributed by atoms with Crippen LogP contribution in [0.15, 0.2) is 40.7 Å². The van der Waals surface area contributed by atoms with Crippen LogP contribution < -0.4 is 9.46 Å². The van der Waals surface area contributed by atoms with E-state index in [0.717, 1.165) is 61.6 Å². The van der Waals surface area contributed by atoms with Crippen LogP contribution in [-0.2, 0) is 16.2 Å². The number of aromatic carboxylic acids is 1. The molecule has 1 aliphatic rings. The molecular formula is C25H24F4N2O5S2. The van der Waals surface area contributed by atoms with E-state index in [0.29, 0.717) is 17.5 Å². The second-order valence-electron chi connectivity index (χ2n) is 9.19. The van der Waals surface area contributed by atoms with Crippen molar-refractivity contribution in [3.63, 3.8) is 0 Å². The number of carboxylic acids is 1. The van der Waals surface area contributed by atoms with Crippen molar-refractivity contribution in [3.05, 3.63) is 58.2 Å². The molecule has 1 aliphatic carbocycles. The van der Waals surface area contributed by atoms with E-state index in [-0.39, 0.29) is 22.2 Å². The molecule has 3 aromatic rings. The van der Waals surface area contributed by atoms with Crippen LogP contribution in [0.3, 0.4) is 0 Å². The van der Waals surface area contributed by atoms with Gasteiger partial charge in [-0.25, -0.2) is 14.2 Å². The maximum atomic E-state index is 14.2. The third kappa shape index (κ3) is 5.78. The molecule has 4 rings (SSSR count). The lowest BCUT2D eigenvalue weighted by Crippen LogP contribution is -2.15. The highest BCUT2D eigenvalue weighted by Crippen LogP contribution is 2.43. The van der Waals surface area contributed by atoms with Crippen LogP contribution in [0.4, 0.5) is 23.2 Å². The van der Waals surface area contributed by atoms with Gasteiger partial charge in [-0.05, 0) is 42.4 Å². The average molecular weight is 573 g/mol. The largest absolute Gasteiger partial charge is 0.495 e. The molecule has 0 saturated heterocycles. The summed E-state index contributed by atoms with van der Waals surface area (Å²) < 4.78 is 89.2. The van der Waals surface area contributed by atoms with E-state index in [4.69, 9.17) is 9.84 Å². The Labute approximate surface area is 220 Å². The van der Waals surface area contributed by atoms with E-state index < -0.39 is 49.8 Å². The van der Waals surface area contributed by atoms with Crippen LogP contribution in [0.2, 0.25) is 0 Å². The molecule has 0 aliphatic heterocycles. The highest BCUT2D eigenvalue weighted by Gasteiger charge is 2.36. The predicted molar refractivity (Wildman–Crippen MR) is 134 cm³/mol. The van der Waals surface area contributed by atoms with Gasteiger partial charge in [0.15, 0.2) is 5.03 Å². The molecule has 1 aromatic heterocycles. The number of methoxy groups -OCH3 is 1. The minimum atomic E-state index is -4.69. The number of ether oxygens (including phenoxy) is 1. The normalized spacial score (nSPS) is 18.3. The van der Waals surface area contributed by atoms with E-state index >= 15 is 0 Å². The van der Waals surface area contributed by atoms with Crippen molar-refractivity contribution < 1.29 is 40.6 Å². The Hall–Kier alpha value is -3.19. The van der Waals surface area contributed by atoms with Gasteiger partial charge < -0.3 is 9.84 Å². The van der Waals surface area contributed by atoms with Crippen molar-refractivity contribution in [1.82, 2.24) is 4.98 Å². The number of alkyl halides is 3. The summed E-state index contributed by atoms with van der Waals surface area (Å²) in [5, 5.41) is 9.39. The number of thiazole rings is 1. The molecule has 1 saturated carbocycles. The van der Waals surface area contributed by atoms with Gasteiger partial charge in [0.25, 0.3) is 10.0 Å². The van der Waals surface area contributed by atoms with Crippen molar-refractivity contribution in [2.75, 3.05) is 11.8 Å². The third-order valence-corrected chi connectivity index (χ3v) is 8.86. The standard InChI is InChI=1S/C25H24F4N2O5S2/c1-13-3-5-14(6-4-13)15-7-8-16(18(9-15)25(27,28)29)23-30-22(12-37-23)38(34,35)31-20-11-19(26)17(24(32)33)10-21(20)36-2/h7-14,31H,3-6H2,1-2H3,(H,32,33)/t13-,14-. The number of carboxylic acid groups (broad SMARTS) is 1. The summed E-state index contributed by atoms with van der Waals surface area (Å²) in [5.74, 6) is -2.49. The summed E-state index contributed by atoms with van der Waals surface area (Å²) in [6.07, 6.45) is -1.18. The maximum absolute atomic E-state index is 14.2. The first-order valence-electron chi connectivity index (χ1n) is 11.6. The van der Waals surface area contributed by atoms with E-state index in [2.05, 4.69) is 16.6 Å². The third-order valence-electron chi connectivity index (χ3n) is 6.59. The lowest BCUT2D eigenvalue weighted by molar-refractivity contribution is -0.137. The smallest absolute Gasteiger partial charge is 0.417 e. The molecule has 1 fully saturated rings. The Bertz CT molecular complexity index is 1460. The lowest BCUT2D eigenvalue weighted by Gasteiger charge is -2.27. The number of hydrogen-bond acceptors (Lipinski definition) is 6. The molecule has 2 N–H and O–H groups in total. The minimum absolute atomic E-state index is 0.0284. The number of benzene rings is 2. The van der Waals surface area contributed by atoms with E-state index in [1.54, 1.807) is 6.07 Å². The van der Waals surface area contributed by atoms with Crippen LogP contribution in [-0.4, -0.2) is 31.6 Å². The predicted octanol–water partition coefficient (Wildman–Crippen LogP) is 6.77. The van der Waals surface area contributed by atoms with Crippen LogP contribution >= 0.6 is 11.3 Å². The first kappa shape index (κ1) is 27.8. The molecule has 1 heterocycles. The molecule has 0 unspecified atom stereocenters. The van der Waals surface area contributed by atoms with Crippen molar-refractivity contribution >= 4 is 33.0 Å². The molecular weight excluding hydrogens is 548 g/mol. The Balaban J connectivity index is 1.66. The molecule has 13 heteroatoms. The fraction of sp³-hybridized carbons (Fsp3) is 0.360. The number of nitrogens with one attached hydrogen (secondary N) is 1. The number of anilines is 1. The van der Waals surface area contributed by atoms with Gasteiger partial charge in [0.05, 0.1) is 23.9 Å². The summed E-state index contributed by atoms with van der Waals surface area (Å²) in [6.45, 7) is 2.13. The van der Waals surface area contributed by atoms with Gasteiger partial charge in [0, 0.05) is 17.0 Å². The Morgan fingerprint density at radius 3 is 2.45 bits per heavy atom. The first-order chi connectivity index (χ1) is 17.8. The molecule has 2 aromatic carbocycles. The molecule has 0 spiro atoms. The summed E-state index contributed by atoms with van der Waals surface area (Å²) >= 11 is 0.718. The second-order valence-corrected chi connectivity index (χ2v) is 11.7. The van der Waals surface area contributed by atoms with Gasteiger partial charge in [0.2, 0.25) is 0 Å². The van der Waals surface area contributed by atoms with Crippen LogP contribution in [0.25, 0.3) is 10.6 Å². The number of sulfonamides is 1. The zero-order chi connectivity index (χ0) is 27.8. The van der Waals surface area contributed by atoms with Gasteiger partial charge in [-0.2, -0.15) is 21.6 Å². The summed E-state index contributed by atoms with van der Waals surface area (Å²) in [7, 11) is -3.36. The van der Waals surface area contributed by atoms with E-state index in [1.807, 2.05) is 0 Å². The van der Waals surface area contributed by atoms with Crippen LogP contribution in [0, 0.1) is 11.7 Å². The molecule has 0 bridgehead atoms. The minimum Gasteiger partial charge on any atom is -0.495 e. The van der Waals surface area contributed by atoms with E-state index in [9.17, 15) is 30.8 Å². The quantitative estimate of drug-likeness (QED) is 0.303. The number of hydrogen-bond donors (Lipinski definition) is 2. The fourth-order valence-corrected chi connectivity index (χ4v) is 6.69. The second kappa shape index (κ2) is 10.5. The molecule has 0 radical (unpaired) electrons. The molecule has 204 valence electrons. The molecule has 0 atom stereocenters. The number of nitrogens with zero attached hydrogens (tertiary/aromatic N) is 1. The van der Waals surface area contributed by atoms with Crippen LogP contribution in [0.5, 0.6) is 5.75 Å². The zero-order valence-corrected chi connectivity index (χ0v) is 21.9. The van der Waals surface area contributed by atoms with E-state index in [1.165, 1.54) is 6.07 Å². The Morgan fingerprint density at radius 2 is 1.84 bits per heavy atom. The van der Waals surface area contributed by atoms with Gasteiger partial charge in [-0.15, -0.1) is 11.3 Å². The Morgan fingerprint density at radius 1 is 1.16 bits per heavy atom. The maximum Gasteiger partial charge on any atom is 0.417 e. The lowest BCUT2D eigenvalue weighted by atomic mass is 9.79. The Kier molecular flexibility index (Phi) is 7.71. The number of carbonyl (C=O) groups is 1. The van der Waals surface area contributed by atoms with Gasteiger partial charge in [-0.1, -0.05) is 31.9 Å². The SMILES string of the molecule is COc1cc(C(=O)O)c(F)cc1NS(=O)(=O)c1csc(-c2ccc([C@H]3CC[C@H](C)CC3)cc2C(F)(F)F)n1. The highest BCUT2D eigenvalue weighted by atomic mass is 32.2. The number of aromatic nitrogens is 1. The highest BCUT2D eigenvalue weighted by molar-refractivity contribution is 7.92. The molecule has 38 heavy (non-hydrogen) atoms. The van der Waals surface area contributed by atoms with Crippen molar-refractivity contribution in [3.8, 4) is 16.3 Å². The first-order valence-corrected chi connectivity index (χ1v) is 14.0. The van der Waals surface area contributed by atoms with Crippen molar-refractivity contribution in [2.45, 2.75) is 49.7 Å². The summed E-state index contributed by atoms with van der Waals surface area (Å²) in [5.41, 5.74) is -1.67. The molecule has 0 amide bonds.